The molecule has 0 atom stereocenters. The number of fused-ring (bicyclic) bond motifs is 1. The molecule has 1 aromatic rings. The molecule has 0 unspecified atom stereocenters. The molecule has 0 radical (unpaired) electrons. The van der Waals surface area contributed by atoms with Gasteiger partial charge in [0.2, 0.25) is 5.78 Å². The molecule has 128 valence electrons. The molecule has 1 amide bonds. The number of hydrogen-bond acceptors (Lipinski definition) is 5. The summed E-state index contributed by atoms with van der Waals surface area (Å²) < 4.78 is 5.36. The summed E-state index contributed by atoms with van der Waals surface area (Å²) in [6, 6.07) is 5.10. The van der Waals surface area contributed by atoms with Gasteiger partial charge in [-0.25, -0.2) is 0 Å². The van der Waals surface area contributed by atoms with Crippen LogP contribution in [0.3, 0.4) is 0 Å². The Hall–Kier alpha value is -2.41. The van der Waals surface area contributed by atoms with E-state index >= 15 is 0 Å². The molecule has 0 aliphatic carbocycles. The van der Waals surface area contributed by atoms with E-state index in [2.05, 4.69) is 0 Å². The molecular weight excluding hydrogens is 312 g/mol. The quantitative estimate of drug-likeness (QED) is 0.662. The van der Waals surface area contributed by atoms with Crippen molar-refractivity contribution in [2.45, 2.75) is 12.8 Å². The van der Waals surface area contributed by atoms with Crippen LogP contribution in [0.1, 0.15) is 23.2 Å². The molecule has 2 aliphatic heterocycles. The third-order valence-corrected chi connectivity index (χ3v) is 4.80. The zero-order valence-corrected chi connectivity index (χ0v) is 13.5. The summed E-state index contributed by atoms with van der Waals surface area (Å²) in [6.07, 6.45) is 1.08. The summed E-state index contributed by atoms with van der Waals surface area (Å²) >= 11 is 0. The van der Waals surface area contributed by atoms with Crippen molar-refractivity contribution < 1.29 is 29.1 Å². The van der Waals surface area contributed by atoms with Gasteiger partial charge in [-0.2, -0.15) is 0 Å². The minimum atomic E-state index is -0.997. The van der Waals surface area contributed by atoms with Gasteiger partial charge in [-0.15, -0.1) is 0 Å². The van der Waals surface area contributed by atoms with E-state index in [0.29, 0.717) is 49.5 Å². The van der Waals surface area contributed by atoms with E-state index < -0.39 is 11.9 Å². The molecule has 0 saturated carbocycles. The van der Waals surface area contributed by atoms with Gasteiger partial charge in [-0.3, -0.25) is 9.59 Å². The summed E-state index contributed by atoms with van der Waals surface area (Å²) in [6.45, 7) is 1.62. The first-order valence-electron chi connectivity index (χ1n) is 8.06. The van der Waals surface area contributed by atoms with Crippen molar-refractivity contribution in [1.82, 2.24) is 0 Å². The highest BCUT2D eigenvalue weighted by Crippen LogP contribution is 2.31. The number of piperidine rings is 1. The molecule has 2 aliphatic rings. The van der Waals surface area contributed by atoms with E-state index in [-0.39, 0.29) is 18.3 Å². The SMILES string of the molecule is CN1C(=O)COc2ccc(C(=O)C[NH+]3CCC(C(=O)[O-])CC3)cc21. The first kappa shape index (κ1) is 16.4. The number of rotatable bonds is 4. The maximum atomic E-state index is 12.5. The van der Waals surface area contributed by atoms with Gasteiger partial charge in [0.15, 0.2) is 6.61 Å². The molecular formula is C17H20N2O5. The maximum absolute atomic E-state index is 12.5. The molecule has 1 N–H and O–H groups in total. The molecule has 24 heavy (non-hydrogen) atoms. The standard InChI is InChI=1S/C17H20N2O5/c1-18-13-8-12(2-3-15(13)24-10-16(18)21)14(20)9-19-6-4-11(5-7-19)17(22)23/h2-3,8,11H,4-7,9-10H2,1H3,(H,22,23). The van der Waals surface area contributed by atoms with Crippen molar-refractivity contribution in [3.8, 4) is 5.75 Å². The first-order valence-corrected chi connectivity index (χ1v) is 8.06. The molecule has 2 heterocycles. The number of carbonyl (C=O) groups is 3. The molecule has 7 heteroatoms. The first-order chi connectivity index (χ1) is 11.5. The zero-order chi connectivity index (χ0) is 17.3. The number of benzene rings is 1. The highest BCUT2D eigenvalue weighted by Gasteiger charge is 2.27. The smallest absolute Gasteiger partial charge is 0.264 e. The number of likely N-dealkylation sites (tertiary alicyclic amines) is 1. The van der Waals surface area contributed by atoms with E-state index in [4.69, 9.17) is 4.74 Å². The number of amides is 1. The van der Waals surface area contributed by atoms with Crippen LogP contribution in [-0.4, -0.2) is 50.9 Å². The fraction of sp³-hybridized carbons (Fsp3) is 0.471. The number of ketones is 1. The second-order valence-corrected chi connectivity index (χ2v) is 6.37. The molecule has 1 fully saturated rings. The highest BCUT2D eigenvalue weighted by atomic mass is 16.5. The number of likely N-dealkylation sites (N-methyl/N-ethyl adjacent to an activating group) is 1. The Balaban J connectivity index is 1.66. The number of nitrogens with one attached hydrogen (secondary N) is 1. The third kappa shape index (κ3) is 3.26. The van der Waals surface area contributed by atoms with E-state index in [1.165, 1.54) is 4.90 Å². The average Bonchev–Trinajstić information content (AvgIpc) is 2.58. The fourth-order valence-corrected chi connectivity index (χ4v) is 3.21. The van der Waals surface area contributed by atoms with E-state index in [0.717, 1.165) is 4.90 Å². The van der Waals surface area contributed by atoms with Crippen molar-refractivity contribution in [2.75, 3.05) is 38.2 Å². The number of hydrogen-bond donors (Lipinski definition) is 1. The lowest BCUT2D eigenvalue weighted by atomic mass is 9.96. The van der Waals surface area contributed by atoms with Crippen LogP contribution in [0.15, 0.2) is 18.2 Å². The number of carboxylic acids is 1. The number of anilines is 1. The Morgan fingerprint density at radius 3 is 2.71 bits per heavy atom. The minimum Gasteiger partial charge on any atom is -0.550 e. The van der Waals surface area contributed by atoms with Gasteiger partial charge in [0.25, 0.3) is 5.91 Å². The number of nitrogens with zero attached hydrogens (tertiary/aromatic N) is 1. The Labute approximate surface area is 139 Å². The fourth-order valence-electron chi connectivity index (χ4n) is 3.21. The summed E-state index contributed by atoms with van der Waals surface area (Å²) in [4.78, 5) is 37.6. The molecule has 0 bridgehead atoms. The molecule has 7 nitrogen and oxygen atoms in total. The van der Waals surface area contributed by atoms with Crippen LogP contribution in [0.5, 0.6) is 5.75 Å². The Bertz CT molecular complexity index is 680. The maximum Gasteiger partial charge on any atom is 0.264 e. The van der Waals surface area contributed by atoms with Gasteiger partial charge in [0.05, 0.1) is 18.8 Å². The van der Waals surface area contributed by atoms with Crippen LogP contribution in [0, 0.1) is 5.92 Å². The Morgan fingerprint density at radius 2 is 2.04 bits per heavy atom. The highest BCUT2D eigenvalue weighted by molar-refractivity contribution is 6.02. The lowest BCUT2D eigenvalue weighted by Crippen LogP contribution is -3.14. The number of quaternary nitrogens is 1. The van der Waals surface area contributed by atoms with Crippen molar-refractivity contribution in [1.29, 1.82) is 0 Å². The molecule has 0 spiro atoms. The number of aliphatic carboxylic acids is 1. The number of Topliss-reactive ketones (excluding diaryl/α,β-unsaturated/α-hetero) is 1. The van der Waals surface area contributed by atoms with Gasteiger partial charge in [0.1, 0.15) is 12.3 Å². The molecule has 1 saturated heterocycles. The van der Waals surface area contributed by atoms with Crippen LogP contribution in [0.25, 0.3) is 0 Å². The second-order valence-electron chi connectivity index (χ2n) is 6.37. The van der Waals surface area contributed by atoms with Gasteiger partial charge < -0.3 is 24.4 Å². The minimum absolute atomic E-state index is 0.00825. The lowest BCUT2D eigenvalue weighted by molar-refractivity contribution is -0.897. The average molecular weight is 332 g/mol. The van der Waals surface area contributed by atoms with E-state index in [9.17, 15) is 19.5 Å². The summed E-state index contributed by atoms with van der Waals surface area (Å²) in [5.41, 5.74) is 1.14. The Kier molecular flexibility index (Phi) is 4.53. The Morgan fingerprint density at radius 1 is 1.33 bits per heavy atom. The monoisotopic (exact) mass is 332 g/mol. The van der Waals surface area contributed by atoms with Crippen LogP contribution < -0.4 is 19.6 Å². The van der Waals surface area contributed by atoms with Gasteiger partial charge in [-0.1, -0.05) is 0 Å². The second kappa shape index (κ2) is 6.60. The van der Waals surface area contributed by atoms with E-state index in [1.54, 1.807) is 25.2 Å². The van der Waals surface area contributed by atoms with Crippen LogP contribution in [0.2, 0.25) is 0 Å². The molecule has 0 aromatic heterocycles. The van der Waals surface area contributed by atoms with Crippen LogP contribution >= 0.6 is 0 Å². The van der Waals surface area contributed by atoms with Crippen molar-refractivity contribution in [3.63, 3.8) is 0 Å². The van der Waals surface area contributed by atoms with E-state index in [1.807, 2.05) is 0 Å². The van der Waals surface area contributed by atoms with Crippen molar-refractivity contribution in [2.24, 2.45) is 5.92 Å². The summed E-state index contributed by atoms with van der Waals surface area (Å²) in [7, 11) is 1.66. The zero-order valence-electron chi connectivity index (χ0n) is 13.5. The predicted molar refractivity (Wildman–Crippen MR) is 83.0 cm³/mol. The van der Waals surface area contributed by atoms with Crippen molar-refractivity contribution >= 4 is 23.3 Å². The third-order valence-electron chi connectivity index (χ3n) is 4.80. The molecule has 3 rings (SSSR count). The van der Waals surface area contributed by atoms with Crippen molar-refractivity contribution in [3.05, 3.63) is 23.8 Å². The largest absolute Gasteiger partial charge is 0.550 e. The lowest BCUT2D eigenvalue weighted by Gasteiger charge is -2.29. The number of ether oxygens (including phenoxy) is 1. The van der Waals surface area contributed by atoms with Gasteiger partial charge in [-0.05, 0) is 18.2 Å². The van der Waals surface area contributed by atoms with Gasteiger partial charge >= 0.3 is 0 Å². The number of carbonyl (C=O) groups excluding carboxylic acids is 3. The number of carboxylic acid groups (broad SMARTS) is 1. The van der Waals surface area contributed by atoms with Crippen LogP contribution in [-0.2, 0) is 9.59 Å². The van der Waals surface area contributed by atoms with Crippen LogP contribution in [0.4, 0.5) is 5.69 Å². The summed E-state index contributed by atoms with van der Waals surface area (Å²) in [5.74, 6) is -0.976. The summed E-state index contributed by atoms with van der Waals surface area (Å²) in [5, 5.41) is 10.9. The molecule has 1 aromatic carbocycles. The normalized spacial score (nSPS) is 23.4. The predicted octanol–water partition coefficient (Wildman–Crippen LogP) is -1.73. The van der Waals surface area contributed by atoms with Gasteiger partial charge in [0, 0.05) is 37.3 Å². The topological polar surface area (TPSA) is 91.2 Å².